The Morgan fingerprint density at radius 3 is 2.58 bits per heavy atom. The average molecular weight is 348 g/mol. The number of methoxy groups -OCH3 is 1. The summed E-state index contributed by atoms with van der Waals surface area (Å²) in [5.41, 5.74) is 1.69. The highest BCUT2D eigenvalue weighted by atomic mass is 35.5. The number of halogens is 1. The van der Waals surface area contributed by atoms with E-state index >= 15 is 0 Å². The van der Waals surface area contributed by atoms with Gasteiger partial charge in [-0.05, 0) is 55.8 Å². The number of benzene rings is 2. The fraction of sp³-hybridized carbons (Fsp3) is 0.222. The van der Waals surface area contributed by atoms with Gasteiger partial charge < -0.3 is 14.8 Å². The van der Waals surface area contributed by atoms with Crippen LogP contribution in [0.15, 0.2) is 42.5 Å². The zero-order valence-electron chi connectivity index (χ0n) is 13.6. The number of carbonyl (C=O) groups excluding carboxylic acids is 2. The Bertz CT molecular complexity index is 760. The van der Waals surface area contributed by atoms with Crippen molar-refractivity contribution in [1.82, 2.24) is 0 Å². The number of hydrogen-bond donors (Lipinski definition) is 1. The highest BCUT2D eigenvalue weighted by Crippen LogP contribution is 2.23. The van der Waals surface area contributed by atoms with Crippen LogP contribution in [0, 0.1) is 6.92 Å². The first-order valence-corrected chi connectivity index (χ1v) is 7.70. The molecule has 2 aromatic rings. The number of nitrogens with one attached hydrogen (secondary N) is 1. The molecule has 1 amide bonds. The SMILES string of the molecule is COC(=O)c1cccc(NC(=O)[C@@H](C)Oc2ccc(Cl)cc2C)c1. The van der Waals surface area contributed by atoms with E-state index in [4.69, 9.17) is 16.3 Å². The van der Waals surface area contributed by atoms with Gasteiger partial charge in [0.1, 0.15) is 5.75 Å². The van der Waals surface area contributed by atoms with Crippen molar-refractivity contribution >= 4 is 29.2 Å². The summed E-state index contributed by atoms with van der Waals surface area (Å²) in [7, 11) is 1.30. The van der Waals surface area contributed by atoms with Crippen molar-refractivity contribution in [1.29, 1.82) is 0 Å². The molecule has 24 heavy (non-hydrogen) atoms. The first-order chi connectivity index (χ1) is 11.4. The van der Waals surface area contributed by atoms with E-state index in [2.05, 4.69) is 10.1 Å². The zero-order valence-corrected chi connectivity index (χ0v) is 14.4. The molecule has 0 unspecified atom stereocenters. The van der Waals surface area contributed by atoms with Gasteiger partial charge in [-0.25, -0.2) is 4.79 Å². The Kier molecular flexibility index (Phi) is 5.82. The van der Waals surface area contributed by atoms with Crippen molar-refractivity contribution in [3.8, 4) is 5.75 Å². The van der Waals surface area contributed by atoms with Gasteiger partial charge >= 0.3 is 5.97 Å². The van der Waals surface area contributed by atoms with Gasteiger partial charge in [0.2, 0.25) is 0 Å². The molecular weight excluding hydrogens is 330 g/mol. The highest BCUT2D eigenvalue weighted by Gasteiger charge is 2.16. The van der Waals surface area contributed by atoms with Crippen LogP contribution in [-0.4, -0.2) is 25.1 Å². The molecule has 2 rings (SSSR count). The third-order valence-corrected chi connectivity index (χ3v) is 3.60. The normalized spacial score (nSPS) is 11.5. The number of amides is 1. The molecule has 126 valence electrons. The van der Waals surface area contributed by atoms with Crippen LogP contribution in [0.25, 0.3) is 0 Å². The van der Waals surface area contributed by atoms with Gasteiger partial charge in [0.15, 0.2) is 6.10 Å². The smallest absolute Gasteiger partial charge is 0.337 e. The fourth-order valence-corrected chi connectivity index (χ4v) is 2.30. The minimum atomic E-state index is -0.716. The molecule has 0 aliphatic carbocycles. The van der Waals surface area contributed by atoms with E-state index in [1.165, 1.54) is 7.11 Å². The van der Waals surface area contributed by atoms with E-state index in [1.54, 1.807) is 49.4 Å². The van der Waals surface area contributed by atoms with Gasteiger partial charge in [0.25, 0.3) is 5.91 Å². The van der Waals surface area contributed by atoms with E-state index in [1.807, 2.05) is 6.92 Å². The predicted molar refractivity (Wildman–Crippen MR) is 92.7 cm³/mol. The quantitative estimate of drug-likeness (QED) is 0.834. The number of rotatable bonds is 5. The molecule has 0 aliphatic rings. The summed E-state index contributed by atoms with van der Waals surface area (Å²) in [6.07, 6.45) is -0.716. The maximum atomic E-state index is 12.3. The summed E-state index contributed by atoms with van der Waals surface area (Å²) in [5, 5.41) is 3.32. The van der Waals surface area contributed by atoms with Crippen LogP contribution in [0.4, 0.5) is 5.69 Å². The Morgan fingerprint density at radius 1 is 1.17 bits per heavy atom. The molecule has 5 nitrogen and oxygen atoms in total. The maximum absolute atomic E-state index is 12.3. The van der Waals surface area contributed by atoms with Crippen LogP contribution in [0.2, 0.25) is 5.02 Å². The Labute approximate surface area is 145 Å². The van der Waals surface area contributed by atoms with E-state index in [9.17, 15) is 9.59 Å². The van der Waals surface area contributed by atoms with Crippen molar-refractivity contribution in [3.05, 3.63) is 58.6 Å². The Hall–Kier alpha value is -2.53. The Morgan fingerprint density at radius 2 is 1.92 bits per heavy atom. The maximum Gasteiger partial charge on any atom is 0.337 e. The van der Waals surface area contributed by atoms with Crippen molar-refractivity contribution in [2.24, 2.45) is 0 Å². The fourth-order valence-electron chi connectivity index (χ4n) is 2.07. The van der Waals surface area contributed by atoms with E-state index in [0.717, 1.165) is 5.56 Å². The monoisotopic (exact) mass is 347 g/mol. The highest BCUT2D eigenvalue weighted by molar-refractivity contribution is 6.30. The molecule has 0 fully saturated rings. The van der Waals surface area contributed by atoms with Crippen LogP contribution in [0.5, 0.6) is 5.75 Å². The molecule has 0 bridgehead atoms. The average Bonchev–Trinajstić information content (AvgIpc) is 2.56. The second-order valence-electron chi connectivity index (χ2n) is 5.23. The van der Waals surface area contributed by atoms with Crippen molar-refractivity contribution in [3.63, 3.8) is 0 Å². The third kappa shape index (κ3) is 4.49. The molecule has 0 aliphatic heterocycles. The predicted octanol–water partition coefficient (Wildman–Crippen LogP) is 3.84. The summed E-state index contributed by atoms with van der Waals surface area (Å²) in [6.45, 7) is 3.50. The molecule has 0 saturated carbocycles. The van der Waals surface area contributed by atoms with Crippen LogP contribution in [0.1, 0.15) is 22.8 Å². The molecular formula is C18H18ClNO4. The molecule has 6 heteroatoms. The van der Waals surface area contributed by atoms with Gasteiger partial charge in [0, 0.05) is 10.7 Å². The topological polar surface area (TPSA) is 64.6 Å². The van der Waals surface area contributed by atoms with Gasteiger partial charge in [-0.1, -0.05) is 17.7 Å². The van der Waals surface area contributed by atoms with E-state index < -0.39 is 12.1 Å². The van der Waals surface area contributed by atoms with Crippen LogP contribution < -0.4 is 10.1 Å². The van der Waals surface area contributed by atoms with Crippen molar-refractivity contribution in [2.45, 2.75) is 20.0 Å². The van der Waals surface area contributed by atoms with Gasteiger partial charge in [-0.2, -0.15) is 0 Å². The molecule has 0 heterocycles. The summed E-state index contributed by atoms with van der Waals surface area (Å²) in [6, 6.07) is 11.7. The first kappa shape index (κ1) is 17.8. The third-order valence-electron chi connectivity index (χ3n) is 3.36. The van der Waals surface area contributed by atoms with Gasteiger partial charge in [0.05, 0.1) is 12.7 Å². The number of carbonyl (C=O) groups is 2. The zero-order chi connectivity index (χ0) is 17.7. The standard InChI is InChI=1S/C18H18ClNO4/c1-11-9-14(19)7-8-16(11)24-12(2)17(21)20-15-6-4-5-13(10-15)18(22)23-3/h4-10,12H,1-3H3,(H,20,21)/t12-/m1/s1. The largest absolute Gasteiger partial charge is 0.481 e. The molecule has 1 atom stereocenters. The lowest BCUT2D eigenvalue weighted by atomic mass is 10.2. The molecule has 0 aromatic heterocycles. The van der Waals surface area contributed by atoms with Crippen LogP contribution >= 0.6 is 11.6 Å². The first-order valence-electron chi connectivity index (χ1n) is 7.32. The molecule has 2 aromatic carbocycles. The van der Waals surface area contributed by atoms with E-state index in [-0.39, 0.29) is 5.91 Å². The van der Waals surface area contributed by atoms with Gasteiger partial charge in [-0.15, -0.1) is 0 Å². The number of hydrogen-bond acceptors (Lipinski definition) is 4. The van der Waals surface area contributed by atoms with Crippen LogP contribution in [0.3, 0.4) is 0 Å². The number of anilines is 1. The molecule has 0 saturated heterocycles. The van der Waals surface area contributed by atoms with Crippen molar-refractivity contribution in [2.75, 3.05) is 12.4 Å². The number of ether oxygens (including phenoxy) is 2. The Balaban J connectivity index is 2.05. The number of esters is 1. The number of aryl methyl sites for hydroxylation is 1. The summed E-state index contributed by atoms with van der Waals surface area (Å²) in [4.78, 5) is 23.8. The second-order valence-corrected chi connectivity index (χ2v) is 5.67. The van der Waals surface area contributed by atoms with Crippen LogP contribution in [-0.2, 0) is 9.53 Å². The second kappa shape index (κ2) is 7.84. The van der Waals surface area contributed by atoms with Crippen molar-refractivity contribution < 1.29 is 19.1 Å². The summed E-state index contributed by atoms with van der Waals surface area (Å²) < 4.78 is 10.3. The molecule has 0 spiro atoms. The lowest BCUT2D eigenvalue weighted by Crippen LogP contribution is -2.30. The lowest BCUT2D eigenvalue weighted by molar-refractivity contribution is -0.122. The minimum absolute atomic E-state index is 0.327. The van der Waals surface area contributed by atoms with E-state index in [0.29, 0.717) is 22.0 Å². The minimum Gasteiger partial charge on any atom is -0.481 e. The molecule has 1 N–H and O–H groups in total. The summed E-state index contributed by atoms with van der Waals surface area (Å²) in [5.74, 6) is -0.205. The molecule has 0 radical (unpaired) electrons. The summed E-state index contributed by atoms with van der Waals surface area (Å²) >= 11 is 5.90. The lowest BCUT2D eigenvalue weighted by Gasteiger charge is -2.16. The van der Waals surface area contributed by atoms with Gasteiger partial charge in [-0.3, -0.25) is 4.79 Å².